The van der Waals surface area contributed by atoms with Gasteiger partial charge in [0.25, 0.3) is 0 Å². The van der Waals surface area contributed by atoms with Crippen LogP contribution in [-0.2, 0) is 9.59 Å². The minimum Gasteiger partial charge on any atom is -0.352 e. The van der Waals surface area contributed by atoms with E-state index in [1.165, 1.54) is 19.3 Å². The van der Waals surface area contributed by atoms with Crippen molar-refractivity contribution in [3.63, 3.8) is 0 Å². The van der Waals surface area contributed by atoms with E-state index >= 15 is 0 Å². The molecule has 1 aromatic carbocycles. The van der Waals surface area contributed by atoms with Gasteiger partial charge in [0.1, 0.15) is 6.54 Å². The van der Waals surface area contributed by atoms with Gasteiger partial charge < -0.3 is 10.2 Å². The van der Waals surface area contributed by atoms with E-state index in [1.54, 1.807) is 4.90 Å². The highest BCUT2D eigenvalue weighted by atomic mass is 16.2. The SMILES string of the molecule is O=C(CN1C(=O)C2CCCC2=Nc2ccccc21)NC1CCCCC1. The van der Waals surface area contributed by atoms with Gasteiger partial charge in [-0.25, -0.2) is 0 Å². The minimum absolute atomic E-state index is 0.0278. The molecule has 0 saturated heterocycles. The number of nitrogens with one attached hydrogen (secondary N) is 1. The highest BCUT2D eigenvalue weighted by Gasteiger charge is 2.37. The first-order chi connectivity index (χ1) is 12.2. The van der Waals surface area contributed by atoms with E-state index in [0.29, 0.717) is 0 Å². The zero-order valence-corrected chi connectivity index (χ0v) is 14.5. The molecule has 1 N–H and O–H groups in total. The van der Waals surface area contributed by atoms with Crippen molar-refractivity contribution in [2.24, 2.45) is 10.9 Å². The van der Waals surface area contributed by atoms with Crippen LogP contribution in [0.1, 0.15) is 51.4 Å². The normalized spacial score (nSPS) is 23.5. The first kappa shape index (κ1) is 16.3. The summed E-state index contributed by atoms with van der Waals surface area (Å²) in [6.45, 7) is 0.0889. The molecule has 1 heterocycles. The summed E-state index contributed by atoms with van der Waals surface area (Å²) in [7, 11) is 0. The van der Waals surface area contributed by atoms with Gasteiger partial charge in [-0.15, -0.1) is 0 Å². The number of rotatable bonds is 3. The fraction of sp³-hybridized carbons (Fsp3) is 0.550. The molecular formula is C20H25N3O2. The molecule has 1 aliphatic heterocycles. The zero-order chi connectivity index (χ0) is 17.2. The molecule has 1 atom stereocenters. The second-order valence-electron chi connectivity index (χ2n) is 7.36. The number of hydrogen-bond donors (Lipinski definition) is 1. The van der Waals surface area contributed by atoms with E-state index in [9.17, 15) is 9.59 Å². The summed E-state index contributed by atoms with van der Waals surface area (Å²) in [6.07, 6.45) is 8.43. The number of aliphatic imine (C=N–C) groups is 1. The Balaban J connectivity index is 1.55. The van der Waals surface area contributed by atoms with Crippen LogP contribution in [0, 0.1) is 5.92 Å². The van der Waals surface area contributed by atoms with Gasteiger partial charge in [-0.2, -0.15) is 0 Å². The third-order valence-electron chi connectivity index (χ3n) is 5.60. The van der Waals surface area contributed by atoms with Crippen LogP contribution in [0.5, 0.6) is 0 Å². The quantitative estimate of drug-likeness (QED) is 0.918. The third-order valence-corrected chi connectivity index (χ3v) is 5.60. The van der Waals surface area contributed by atoms with Crippen molar-refractivity contribution < 1.29 is 9.59 Å². The molecule has 25 heavy (non-hydrogen) atoms. The summed E-state index contributed by atoms with van der Waals surface area (Å²) in [6, 6.07) is 7.92. The molecule has 5 heteroatoms. The van der Waals surface area contributed by atoms with Crippen LogP contribution in [0.25, 0.3) is 0 Å². The third kappa shape index (κ3) is 3.32. The van der Waals surface area contributed by atoms with E-state index in [4.69, 9.17) is 4.99 Å². The molecule has 132 valence electrons. The van der Waals surface area contributed by atoms with Crippen LogP contribution < -0.4 is 10.2 Å². The Labute approximate surface area is 148 Å². The van der Waals surface area contributed by atoms with Gasteiger partial charge in [0.15, 0.2) is 0 Å². The molecule has 0 bridgehead atoms. The number of anilines is 1. The number of fused-ring (bicyclic) bond motifs is 2. The fourth-order valence-electron chi connectivity index (χ4n) is 4.30. The summed E-state index contributed by atoms with van der Waals surface area (Å²) >= 11 is 0. The average Bonchev–Trinajstić information content (AvgIpc) is 3.05. The number of carbonyl (C=O) groups excluding carboxylic acids is 2. The molecule has 1 unspecified atom stereocenters. The largest absolute Gasteiger partial charge is 0.352 e. The summed E-state index contributed by atoms with van der Waals surface area (Å²) in [5.74, 6) is -0.189. The van der Waals surface area contributed by atoms with Crippen molar-refractivity contribution >= 4 is 28.9 Å². The van der Waals surface area contributed by atoms with E-state index in [1.807, 2.05) is 24.3 Å². The monoisotopic (exact) mass is 339 g/mol. The average molecular weight is 339 g/mol. The number of amides is 2. The summed E-state index contributed by atoms with van der Waals surface area (Å²) in [5.41, 5.74) is 2.54. The number of carbonyl (C=O) groups is 2. The lowest BCUT2D eigenvalue weighted by atomic mass is 9.95. The molecular weight excluding hydrogens is 314 g/mol. The Hall–Kier alpha value is -2.17. The molecule has 5 nitrogen and oxygen atoms in total. The van der Waals surface area contributed by atoms with E-state index in [2.05, 4.69) is 5.32 Å². The molecule has 3 aliphatic rings. The van der Waals surface area contributed by atoms with Gasteiger partial charge in [0.05, 0.1) is 17.3 Å². The smallest absolute Gasteiger partial charge is 0.240 e. The Kier molecular flexibility index (Phi) is 4.55. The lowest BCUT2D eigenvalue weighted by molar-refractivity contribution is -0.125. The van der Waals surface area contributed by atoms with Crippen LogP contribution >= 0.6 is 0 Å². The van der Waals surface area contributed by atoms with Gasteiger partial charge in [-0.1, -0.05) is 31.4 Å². The van der Waals surface area contributed by atoms with Crippen LogP contribution in [0.3, 0.4) is 0 Å². The second kappa shape index (κ2) is 6.98. The zero-order valence-electron chi connectivity index (χ0n) is 14.5. The molecule has 0 radical (unpaired) electrons. The van der Waals surface area contributed by atoms with Crippen molar-refractivity contribution in [3.05, 3.63) is 24.3 Å². The van der Waals surface area contributed by atoms with Gasteiger partial charge in [-0.3, -0.25) is 14.6 Å². The number of benzene rings is 1. The maximum absolute atomic E-state index is 13.1. The summed E-state index contributed by atoms with van der Waals surface area (Å²) < 4.78 is 0. The molecule has 4 rings (SSSR count). The minimum atomic E-state index is -0.158. The molecule has 2 aliphatic carbocycles. The highest BCUT2D eigenvalue weighted by Crippen LogP contribution is 2.37. The van der Waals surface area contributed by atoms with Crippen molar-refractivity contribution in [3.8, 4) is 0 Å². The van der Waals surface area contributed by atoms with Crippen LogP contribution in [-0.4, -0.2) is 30.1 Å². The van der Waals surface area contributed by atoms with E-state index < -0.39 is 0 Å². The van der Waals surface area contributed by atoms with Crippen molar-refractivity contribution in [1.82, 2.24) is 5.32 Å². The summed E-state index contributed by atoms with van der Waals surface area (Å²) in [5, 5.41) is 3.13. The van der Waals surface area contributed by atoms with Crippen molar-refractivity contribution in [2.75, 3.05) is 11.4 Å². The predicted molar refractivity (Wildman–Crippen MR) is 98.2 cm³/mol. The van der Waals surface area contributed by atoms with E-state index in [-0.39, 0.29) is 30.3 Å². The Morgan fingerprint density at radius 3 is 2.76 bits per heavy atom. The highest BCUT2D eigenvalue weighted by molar-refractivity contribution is 6.16. The van der Waals surface area contributed by atoms with Crippen LogP contribution in [0.15, 0.2) is 29.3 Å². The molecule has 2 saturated carbocycles. The molecule has 1 aromatic rings. The second-order valence-corrected chi connectivity index (χ2v) is 7.36. The number of para-hydroxylation sites is 2. The molecule has 2 fully saturated rings. The Morgan fingerprint density at radius 1 is 1.12 bits per heavy atom. The molecule has 2 amide bonds. The number of nitrogens with zero attached hydrogens (tertiary/aromatic N) is 2. The Morgan fingerprint density at radius 2 is 1.92 bits per heavy atom. The summed E-state index contributed by atoms with van der Waals surface area (Å²) in [4.78, 5) is 32.1. The lowest BCUT2D eigenvalue weighted by Gasteiger charge is -2.27. The standard InChI is InChI=1S/C20H25N3O2/c24-19(21-14-7-2-1-3-8-14)13-23-18-12-5-4-10-17(18)22-16-11-6-9-15(16)20(23)25/h4-5,10,12,14-15H,1-3,6-9,11,13H2,(H,21,24). The van der Waals surface area contributed by atoms with E-state index in [0.717, 1.165) is 49.2 Å². The fourth-order valence-corrected chi connectivity index (χ4v) is 4.30. The van der Waals surface area contributed by atoms with Gasteiger partial charge >= 0.3 is 0 Å². The van der Waals surface area contributed by atoms with Gasteiger partial charge in [0, 0.05) is 11.8 Å². The first-order valence-corrected chi connectivity index (χ1v) is 9.49. The molecule has 0 aromatic heterocycles. The Bertz CT molecular complexity index is 707. The van der Waals surface area contributed by atoms with Crippen molar-refractivity contribution in [2.45, 2.75) is 57.4 Å². The first-order valence-electron chi connectivity index (χ1n) is 9.49. The van der Waals surface area contributed by atoms with Crippen molar-refractivity contribution in [1.29, 1.82) is 0 Å². The maximum Gasteiger partial charge on any atom is 0.240 e. The topological polar surface area (TPSA) is 61.8 Å². The predicted octanol–water partition coefficient (Wildman–Crippen LogP) is 3.35. The van der Waals surface area contributed by atoms with Gasteiger partial charge in [-0.05, 0) is 44.2 Å². The maximum atomic E-state index is 13.1. The van der Waals surface area contributed by atoms with Gasteiger partial charge in [0.2, 0.25) is 11.8 Å². The van der Waals surface area contributed by atoms with Crippen LogP contribution in [0.4, 0.5) is 11.4 Å². The van der Waals surface area contributed by atoms with Crippen LogP contribution in [0.2, 0.25) is 0 Å². The lowest BCUT2D eigenvalue weighted by Crippen LogP contribution is -2.46. The molecule has 0 spiro atoms. The number of hydrogen-bond acceptors (Lipinski definition) is 3.